The number of aromatic nitrogens is 2. The molecule has 0 bridgehead atoms. The Balaban J connectivity index is 1.91. The van der Waals surface area contributed by atoms with Crippen molar-refractivity contribution in [2.24, 2.45) is 0 Å². The van der Waals surface area contributed by atoms with E-state index in [1.165, 1.54) is 12.1 Å². The van der Waals surface area contributed by atoms with Gasteiger partial charge in [0.25, 0.3) is 10.0 Å². The topological polar surface area (TPSA) is 64.0 Å². The zero-order valence-electron chi connectivity index (χ0n) is 13.2. The van der Waals surface area contributed by atoms with Crippen molar-refractivity contribution in [1.82, 2.24) is 9.78 Å². The Morgan fingerprint density at radius 3 is 2.79 bits per heavy atom. The van der Waals surface area contributed by atoms with Crippen molar-refractivity contribution < 1.29 is 12.8 Å². The second-order valence-electron chi connectivity index (χ2n) is 5.28. The number of benzene rings is 1. The van der Waals surface area contributed by atoms with E-state index in [0.717, 1.165) is 28.2 Å². The molecular weight excluding hydrogens is 349 g/mol. The van der Waals surface area contributed by atoms with E-state index in [-0.39, 0.29) is 9.90 Å². The van der Waals surface area contributed by atoms with Crippen molar-refractivity contribution in [2.45, 2.75) is 24.6 Å². The van der Waals surface area contributed by atoms with Crippen LogP contribution in [0.5, 0.6) is 0 Å². The van der Waals surface area contributed by atoms with Gasteiger partial charge in [-0.3, -0.25) is 9.40 Å². The molecule has 3 rings (SSSR count). The fourth-order valence-corrected chi connectivity index (χ4v) is 4.56. The van der Waals surface area contributed by atoms with Crippen molar-refractivity contribution in [3.8, 4) is 11.3 Å². The highest BCUT2D eigenvalue weighted by Crippen LogP contribution is 2.30. The van der Waals surface area contributed by atoms with E-state index in [9.17, 15) is 12.8 Å². The fourth-order valence-electron chi connectivity index (χ4n) is 2.32. The molecule has 0 amide bonds. The summed E-state index contributed by atoms with van der Waals surface area (Å²) in [4.78, 5) is 0. The first-order valence-corrected chi connectivity index (χ1v) is 9.66. The minimum Gasteiger partial charge on any atom is -0.276 e. The summed E-state index contributed by atoms with van der Waals surface area (Å²) in [5.41, 5.74) is 2.27. The number of nitrogens with one attached hydrogen (secondary N) is 1. The van der Waals surface area contributed by atoms with Gasteiger partial charge in [0.05, 0.1) is 11.4 Å². The summed E-state index contributed by atoms with van der Waals surface area (Å²) in [6.07, 6.45) is 1.67. The molecule has 0 atom stereocenters. The van der Waals surface area contributed by atoms with Crippen molar-refractivity contribution in [2.75, 3.05) is 4.72 Å². The largest absolute Gasteiger partial charge is 0.276 e. The smallest absolute Gasteiger partial charge is 0.271 e. The highest BCUT2D eigenvalue weighted by atomic mass is 32.2. The van der Waals surface area contributed by atoms with Crippen LogP contribution in [0.25, 0.3) is 11.3 Å². The molecule has 2 heterocycles. The van der Waals surface area contributed by atoms with Crippen LogP contribution in [0.1, 0.15) is 12.5 Å². The van der Waals surface area contributed by atoms with Gasteiger partial charge in [-0.25, -0.2) is 12.8 Å². The lowest BCUT2D eigenvalue weighted by atomic mass is 10.2. The van der Waals surface area contributed by atoms with Crippen LogP contribution in [-0.4, -0.2) is 18.2 Å². The van der Waals surface area contributed by atoms with Gasteiger partial charge in [0, 0.05) is 23.7 Å². The van der Waals surface area contributed by atoms with Gasteiger partial charge in [-0.05, 0) is 43.7 Å². The molecule has 0 aliphatic heterocycles. The molecular formula is C16H16FN3O2S2. The molecule has 5 nitrogen and oxygen atoms in total. The zero-order chi connectivity index (χ0) is 17.3. The van der Waals surface area contributed by atoms with Crippen LogP contribution in [-0.2, 0) is 16.6 Å². The van der Waals surface area contributed by atoms with Crippen LogP contribution >= 0.6 is 11.3 Å². The van der Waals surface area contributed by atoms with Crippen molar-refractivity contribution >= 4 is 27.0 Å². The van der Waals surface area contributed by atoms with E-state index in [4.69, 9.17) is 0 Å². The van der Waals surface area contributed by atoms with E-state index < -0.39 is 15.8 Å². The lowest BCUT2D eigenvalue weighted by molar-refractivity contribution is 0.600. The Morgan fingerprint density at radius 2 is 2.08 bits per heavy atom. The molecule has 0 radical (unpaired) electrons. The number of aryl methyl sites for hydroxylation is 2. The summed E-state index contributed by atoms with van der Waals surface area (Å²) in [5.74, 6) is -0.598. The van der Waals surface area contributed by atoms with Gasteiger partial charge in [0.15, 0.2) is 0 Å². The van der Waals surface area contributed by atoms with Crippen LogP contribution in [0.4, 0.5) is 10.1 Å². The molecule has 24 heavy (non-hydrogen) atoms. The van der Waals surface area contributed by atoms with Crippen molar-refractivity contribution in [3.63, 3.8) is 0 Å². The van der Waals surface area contributed by atoms with E-state index in [2.05, 4.69) is 9.82 Å². The first-order chi connectivity index (χ1) is 11.4. The summed E-state index contributed by atoms with van der Waals surface area (Å²) in [6.45, 7) is 4.39. The normalized spacial score (nSPS) is 11.6. The number of thiophene rings is 1. The van der Waals surface area contributed by atoms with Crippen molar-refractivity contribution in [3.05, 3.63) is 53.3 Å². The number of anilines is 1. The van der Waals surface area contributed by atoms with E-state index >= 15 is 0 Å². The molecule has 0 saturated heterocycles. The van der Waals surface area contributed by atoms with Gasteiger partial charge in [-0.2, -0.15) is 5.10 Å². The average Bonchev–Trinajstić information content (AvgIpc) is 3.18. The van der Waals surface area contributed by atoms with Gasteiger partial charge in [-0.1, -0.05) is 6.07 Å². The van der Waals surface area contributed by atoms with Crippen LogP contribution in [0.15, 0.2) is 46.1 Å². The molecule has 8 heteroatoms. The van der Waals surface area contributed by atoms with E-state index in [0.29, 0.717) is 6.54 Å². The number of rotatable bonds is 5. The second kappa shape index (κ2) is 6.37. The Kier molecular flexibility index (Phi) is 4.42. The van der Waals surface area contributed by atoms with Crippen LogP contribution < -0.4 is 4.72 Å². The Morgan fingerprint density at radius 1 is 1.29 bits per heavy atom. The maximum Gasteiger partial charge on any atom is 0.271 e. The van der Waals surface area contributed by atoms with Gasteiger partial charge in [0.1, 0.15) is 10.0 Å². The summed E-state index contributed by atoms with van der Waals surface area (Å²) in [6, 6.07) is 7.76. The number of sulfonamides is 1. The molecule has 0 aliphatic rings. The monoisotopic (exact) mass is 365 g/mol. The van der Waals surface area contributed by atoms with Crippen molar-refractivity contribution in [1.29, 1.82) is 0 Å². The molecule has 2 aromatic heterocycles. The van der Waals surface area contributed by atoms with Gasteiger partial charge >= 0.3 is 0 Å². The second-order valence-corrected chi connectivity index (χ2v) is 8.10. The predicted octanol–water partition coefficient (Wildman–Crippen LogP) is 3.88. The maximum atomic E-state index is 13.9. The number of nitrogens with zero attached hydrogens (tertiary/aromatic N) is 2. The lowest BCUT2D eigenvalue weighted by Crippen LogP contribution is -2.12. The van der Waals surface area contributed by atoms with Crippen LogP contribution in [0.2, 0.25) is 0 Å². The molecule has 0 unspecified atom stereocenters. The maximum absolute atomic E-state index is 13.9. The molecule has 126 valence electrons. The fraction of sp³-hybridized carbons (Fsp3) is 0.188. The number of hydrogen-bond acceptors (Lipinski definition) is 4. The highest BCUT2D eigenvalue weighted by Gasteiger charge is 2.20. The molecule has 1 N–H and O–H groups in total. The Hall–Kier alpha value is -2.19. The predicted molar refractivity (Wildman–Crippen MR) is 93.2 cm³/mol. The van der Waals surface area contributed by atoms with Crippen LogP contribution in [0.3, 0.4) is 0 Å². The first-order valence-electron chi connectivity index (χ1n) is 7.30. The van der Waals surface area contributed by atoms with Gasteiger partial charge in [0.2, 0.25) is 0 Å². The molecule has 0 fully saturated rings. The highest BCUT2D eigenvalue weighted by molar-refractivity contribution is 7.94. The minimum atomic E-state index is -3.84. The third-order valence-corrected chi connectivity index (χ3v) is 6.33. The SMILES string of the molecule is CCn1nccc1-c1csc(S(=O)(=O)Nc2ccc(C)cc2F)c1. The minimum absolute atomic E-state index is 0.0610. The van der Waals surface area contributed by atoms with Gasteiger partial charge < -0.3 is 0 Å². The molecule has 0 spiro atoms. The lowest BCUT2D eigenvalue weighted by Gasteiger charge is -2.07. The molecule has 1 aromatic carbocycles. The van der Waals surface area contributed by atoms with Crippen LogP contribution in [0, 0.1) is 12.7 Å². The first kappa shape index (κ1) is 16.7. The quantitative estimate of drug-likeness (QED) is 0.746. The van der Waals surface area contributed by atoms with E-state index in [1.54, 1.807) is 35.3 Å². The van der Waals surface area contributed by atoms with E-state index in [1.807, 2.05) is 13.0 Å². The standard InChI is InChI=1S/C16H16FN3O2S2/c1-3-20-15(6-7-18-20)12-9-16(23-10-12)24(21,22)19-14-5-4-11(2)8-13(14)17/h4-10,19H,3H2,1-2H3. The van der Waals surface area contributed by atoms with Gasteiger partial charge in [-0.15, -0.1) is 11.3 Å². The third kappa shape index (κ3) is 3.20. The molecule has 0 saturated carbocycles. The summed E-state index contributed by atoms with van der Waals surface area (Å²) < 4.78 is 43.1. The Bertz CT molecular complexity index is 977. The summed E-state index contributed by atoms with van der Waals surface area (Å²) in [5, 5.41) is 5.93. The molecule has 3 aromatic rings. The molecule has 0 aliphatic carbocycles. The number of halogens is 1. The number of hydrogen-bond donors (Lipinski definition) is 1. The zero-order valence-corrected chi connectivity index (χ0v) is 14.8. The summed E-state index contributed by atoms with van der Waals surface area (Å²) >= 11 is 1.09. The third-order valence-electron chi connectivity index (χ3n) is 3.52. The summed E-state index contributed by atoms with van der Waals surface area (Å²) in [7, 11) is -3.84. The average molecular weight is 365 g/mol. The Labute approximate surface area is 143 Å².